The van der Waals surface area contributed by atoms with Crippen LogP contribution in [-0.4, -0.2) is 30.2 Å². The molecule has 4 nitrogen and oxygen atoms in total. The highest BCUT2D eigenvalue weighted by molar-refractivity contribution is 5.12. The third-order valence-electron chi connectivity index (χ3n) is 1.90. The molecule has 0 amide bonds. The predicted molar refractivity (Wildman–Crippen MR) is 39.2 cm³/mol. The SMILES string of the molecule is CCN1CN[C@H](C#N)C1C#N. The van der Waals surface area contributed by atoms with Gasteiger partial charge in [0.25, 0.3) is 0 Å². The van der Waals surface area contributed by atoms with Crippen molar-refractivity contribution in [1.82, 2.24) is 10.2 Å². The minimum absolute atomic E-state index is 0.273. The molecule has 0 aromatic rings. The fourth-order valence-electron chi connectivity index (χ4n) is 1.22. The number of hydrogen-bond acceptors (Lipinski definition) is 4. The van der Waals surface area contributed by atoms with E-state index in [-0.39, 0.29) is 12.1 Å². The summed E-state index contributed by atoms with van der Waals surface area (Å²) in [6, 6.07) is 3.57. The molecule has 4 heteroatoms. The third kappa shape index (κ3) is 1.32. The van der Waals surface area contributed by atoms with Crippen molar-refractivity contribution in [3.05, 3.63) is 0 Å². The van der Waals surface area contributed by atoms with Crippen molar-refractivity contribution in [2.45, 2.75) is 19.0 Å². The molecule has 1 N–H and O–H groups in total. The molecule has 1 aliphatic rings. The minimum Gasteiger partial charge on any atom is -0.287 e. The van der Waals surface area contributed by atoms with E-state index < -0.39 is 0 Å². The van der Waals surface area contributed by atoms with Crippen LogP contribution in [0.15, 0.2) is 0 Å². The maximum absolute atomic E-state index is 8.69. The van der Waals surface area contributed by atoms with Crippen LogP contribution in [0.2, 0.25) is 0 Å². The molecule has 0 spiro atoms. The molecule has 1 unspecified atom stereocenters. The molecule has 0 aromatic carbocycles. The molecular weight excluding hydrogens is 140 g/mol. The van der Waals surface area contributed by atoms with Crippen LogP contribution >= 0.6 is 0 Å². The lowest BCUT2D eigenvalue weighted by molar-refractivity contribution is 0.307. The van der Waals surface area contributed by atoms with Crippen LogP contribution in [0.3, 0.4) is 0 Å². The smallest absolute Gasteiger partial charge is 0.128 e. The molecule has 58 valence electrons. The molecule has 11 heavy (non-hydrogen) atoms. The van der Waals surface area contributed by atoms with E-state index in [0.717, 1.165) is 6.54 Å². The van der Waals surface area contributed by atoms with Crippen LogP contribution in [-0.2, 0) is 0 Å². The van der Waals surface area contributed by atoms with Gasteiger partial charge in [0.2, 0.25) is 0 Å². The maximum Gasteiger partial charge on any atom is 0.128 e. The Morgan fingerprint density at radius 3 is 2.73 bits per heavy atom. The van der Waals surface area contributed by atoms with Crippen molar-refractivity contribution >= 4 is 0 Å². The Labute approximate surface area is 66.0 Å². The minimum atomic E-state index is -0.319. The van der Waals surface area contributed by atoms with Gasteiger partial charge in [0.05, 0.1) is 18.8 Å². The van der Waals surface area contributed by atoms with Gasteiger partial charge in [-0.1, -0.05) is 6.92 Å². The standard InChI is InChI=1S/C7H10N4/c1-2-11-5-10-6(3-8)7(11)4-9/h6-7,10H,2,5H2,1H3/t6-,7?/m1/s1. The summed E-state index contributed by atoms with van der Waals surface area (Å²) in [6.07, 6.45) is 0. The Balaban J connectivity index is 2.66. The lowest BCUT2D eigenvalue weighted by Gasteiger charge is -2.14. The van der Waals surface area contributed by atoms with Crippen molar-refractivity contribution < 1.29 is 0 Å². The second-order valence-electron chi connectivity index (χ2n) is 2.45. The summed E-state index contributed by atoms with van der Waals surface area (Å²) in [5.41, 5.74) is 0. The predicted octanol–water partition coefficient (Wildman–Crippen LogP) is -0.347. The number of likely N-dealkylation sites (N-methyl/N-ethyl adjacent to an activating group) is 1. The fourth-order valence-corrected chi connectivity index (χ4v) is 1.22. The first kappa shape index (κ1) is 8.00. The van der Waals surface area contributed by atoms with Crippen molar-refractivity contribution in [3.63, 3.8) is 0 Å². The number of nitriles is 2. The third-order valence-corrected chi connectivity index (χ3v) is 1.90. The number of hydrogen-bond donors (Lipinski definition) is 1. The molecule has 0 bridgehead atoms. The molecule has 1 rings (SSSR count). The maximum atomic E-state index is 8.69. The Morgan fingerprint density at radius 1 is 1.55 bits per heavy atom. The molecule has 1 aliphatic heterocycles. The Kier molecular flexibility index (Phi) is 2.43. The van der Waals surface area contributed by atoms with E-state index in [2.05, 4.69) is 17.5 Å². The normalized spacial score (nSPS) is 31.2. The Morgan fingerprint density at radius 2 is 2.27 bits per heavy atom. The molecule has 2 atom stereocenters. The summed E-state index contributed by atoms with van der Waals surface area (Å²) in [5, 5.41) is 20.2. The van der Waals surface area contributed by atoms with Crippen LogP contribution in [0.5, 0.6) is 0 Å². The van der Waals surface area contributed by atoms with E-state index in [4.69, 9.17) is 10.5 Å². The highest BCUT2D eigenvalue weighted by Crippen LogP contribution is 2.08. The lowest BCUT2D eigenvalue weighted by atomic mass is 10.2. The van der Waals surface area contributed by atoms with Gasteiger partial charge in [-0.3, -0.25) is 10.2 Å². The average molecular weight is 150 g/mol. The number of nitrogens with zero attached hydrogens (tertiary/aromatic N) is 3. The fraction of sp³-hybridized carbons (Fsp3) is 0.714. The summed E-state index contributed by atoms with van der Waals surface area (Å²) >= 11 is 0. The van der Waals surface area contributed by atoms with Crippen molar-refractivity contribution in [1.29, 1.82) is 10.5 Å². The molecule has 1 saturated heterocycles. The quantitative estimate of drug-likeness (QED) is 0.555. The van der Waals surface area contributed by atoms with Gasteiger partial charge in [0.15, 0.2) is 0 Å². The highest BCUT2D eigenvalue weighted by Gasteiger charge is 2.32. The Hall–Kier alpha value is -1.10. The summed E-state index contributed by atoms with van der Waals surface area (Å²) in [6.45, 7) is 3.43. The molecule has 1 fully saturated rings. The molecule has 0 aromatic heterocycles. The molecule has 0 radical (unpaired) electrons. The first-order valence-corrected chi connectivity index (χ1v) is 3.60. The summed E-state index contributed by atoms with van der Waals surface area (Å²) in [5.74, 6) is 0. The first-order chi connectivity index (χ1) is 5.33. The first-order valence-electron chi connectivity index (χ1n) is 3.60. The summed E-state index contributed by atoms with van der Waals surface area (Å²) in [7, 11) is 0. The zero-order valence-corrected chi connectivity index (χ0v) is 6.41. The second-order valence-corrected chi connectivity index (χ2v) is 2.45. The highest BCUT2D eigenvalue weighted by atomic mass is 15.3. The summed E-state index contributed by atoms with van der Waals surface area (Å²) < 4.78 is 0. The van der Waals surface area contributed by atoms with Crippen LogP contribution in [0.25, 0.3) is 0 Å². The molecule has 0 saturated carbocycles. The zero-order chi connectivity index (χ0) is 8.27. The van der Waals surface area contributed by atoms with Crippen LogP contribution < -0.4 is 5.32 Å². The van der Waals surface area contributed by atoms with Gasteiger partial charge in [-0.15, -0.1) is 0 Å². The lowest BCUT2D eigenvalue weighted by Crippen LogP contribution is -2.33. The molecule has 0 aliphatic carbocycles. The van der Waals surface area contributed by atoms with Gasteiger partial charge in [-0.05, 0) is 6.54 Å². The van der Waals surface area contributed by atoms with Gasteiger partial charge in [-0.2, -0.15) is 10.5 Å². The van der Waals surface area contributed by atoms with E-state index in [9.17, 15) is 0 Å². The van der Waals surface area contributed by atoms with Gasteiger partial charge in [-0.25, -0.2) is 0 Å². The van der Waals surface area contributed by atoms with Crippen molar-refractivity contribution in [2.75, 3.05) is 13.2 Å². The summed E-state index contributed by atoms with van der Waals surface area (Å²) in [4.78, 5) is 1.94. The second kappa shape index (κ2) is 3.34. The van der Waals surface area contributed by atoms with Gasteiger partial charge >= 0.3 is 0 Å². The van der Waals surface area contributed by atoms with E-state index in [1.54, 1.807) is 0 Å². The van der Waals surface area contributed by atoms with Crippen LogP contribution in [0.1, 0.15) is 6.92 Å². The Bertz CT molecular complexity index is 211. The molecule has 1 heterocycles. The van der Waals surface area contributed by atoms with Crippen LogP contribution in [0.4, 0.5) is 0 Å². The van der Waals surface area contributed by atoms with Crippen LogP contribution in [0, 0.1) is 22.7 Å². The zero-order valence-electron chi connectivity index (χ0n) is 6.41. The van der Waals surface area contributed by atoms with E-state index in [1.165, 1.54) is 0 Å². The number of nitrogens with one attached hydrogen (secondary N) is 1. The molecular formula is C7H10N4. The van der Waals surface area contributed by atoms with Gasteiger partial charge in [0.1, 0.15) is 12.1 Å². The average Bonchev–Trinajstić information content (AvgIpc) is 2.45. The van der Waals surface area contributed by atoms with E-state index in [1.807, 2.05) is 11.8 Å². The largest absolute Gasteiger partial charge is 0.287 e. The van der Waals surface area contributed by atoms with Crippen molar-refractivity contribution in [3.8, 4) is 12.1 Å². The van der Waals surface area contributed by atoms with E-state index in [0.29, 0.717) is 6.67 Å². The van der Waals surface area contributed by atoms with Gasteiger partial charge in [0, 0.05) is 0 Å². The van der Waals surface area contributed by atoms with Crippen molar-refractivity contribution in [2.24, 2.45) is 0 Å². The van der Waals surface area contributed by atoms with Gasteiger partial charge < -0.3 is 0 Å². The topological polar surface area (TPSA) is 62.9 Å². The number of rotatable bonds is 1. The monoisotopic (exact) mass is 150 g/mol. The van der Waals surface area contributed by atoms with E-state index >= 15 is 0 Å².